The van der Waals surface area contributed by atoms with E-state index in [0.29, 0.717) is 5.41 Å². The average Bonchev–Trinajstić information content (AvgIpc) is 2.27. The predicted molar refractivity (Wildman–Crippen MR) is 62.7 cm³/mol. The van der Waals surface area contributed by atoms with Gasteiger partial charge in [-0.3, -0.25) is 0 Å². The van der Waals surface area contributed by atoms with E-state index in [1.807, 2.05) is 0 Å². The molecule has 14 heavy (non-hydrogen) atoms. The number of aromatic nitrogens is 1. The zero-order valence-electron chi connectivity index (χ0n) is 9.77. The van der Waals surface area contributed by atoms with Crippen LogP contribution in [0.25, 0.3) is 0 Å². The molecule has 0 aromatic carbocycles. The molecule has 0 spiro atoms. The number of rotatable bonds is 3. The van der Waals surface area contributed by atoms with E-state index in [4.69, 9.17) is 0 Å². The topological polar surface area (TPSA) is 24.9 Å². The molecule has 0 fully saturated rings. The van der Waals surface area contributed by atoms with Crippen molar-refractivity contribution in [3.8, 4) is 0 Å². The van der Waals surface area contributed by atoms with Gasteiger partial charge in [0.05, 0.1) is 10.7 Å². The molecular formula is C11H20N2S. The van der Waals surface area contributed by atoms with Gasteiger partial charge < -0.3 is 5.32 Å². The summed E-state index contributed by atoms with van der Waals surface area (Å²) in [6.07, 6.45) is 0. The maximum Gasteiger partial charge on any atom is 0.0900 e. The second kappa shape index (κ2) is 4.41. The van der Waals surface area contributed by atoms with Crippen molar-refractivity contribution in [1.82, 2.24) is 10.3 Å². The van der Waals surface area contributed by atoms with Gasteiger partial charge in [0.1, 0.15) is 0 Å². The molecule has 0 radical (unpaired) electrons. The normalized spacial score (nSPS) is 12.1. The van der Waals surface area contributed by atoms with E-state index in [1.165, 1.54) is 10.6 Å². The molecule has 3 heteroatoms. The van der Waals surface area contributed by atoms with Crippen LogP contribution >= 0.6 is 11.3 Å². The lowest BCUT2D eigenvalue weighted by molar-refractivity contribution is 0.380. The minimum atomic E-state index is 0.355. The smallest absolute Gasteiger partial charge is 0.0900 e. The van der Waals surface area contributed by atoms with Gasteiger partial charge in [0, 0.05) is 18.0 Å². The zero-order chi connectivity index (χ0) is 10.8. The fourth-order valence-corrected chi connectivity index (χ4v) is 2.20. The van der Waals surface area contributed by atoms with Crippen LogP contribution in [0.1, 0.15) is 36.3 Å². The van der Waals surface area contributed by atoms with E-state index in [0.717, 1.165) is 18.1 Å². The van der Waals surface area contributed by atoms with Gasteiger partial charge in [0.25, 0.3) is 0 Å². The monoisotopic (exact) mass is 212 g/mol. The Kier molecular flexibility index (Phi) is 3.67. The molecule has 0 aliphatic carbocycles. The van der Waals surface area contributed by atoms with E-state index in [2.05, 4.69) is 44.9 Å². The minimum absolute atomic E-state index is 0.355. The van der Waals surface area contributed by atoms with Gasteiger partial charge in [0.15, 0.2) is 0 Å². The first-order valence-electron chi connectivity index (χ1n) is 5.02. The summed E-state index contributed by atoms with van der Waals surface area (Å²) in [5.41, 5.74) is 1.53. The molecule has 0 amide bonds. The third-order valence-corrected chi connectivity index (χ3v) is 3.01. The van der Waals surface area contributed by atoms with Crippen LogP contribution < -0.4 is 5.32 Å². The molecule has 80 valence electrons. The molecule has 1 aromatic rings. The zero-order valence-corrected chi connectivity index (χ0v) is 10.6. The van der Waals surface area contributed by atoms with E-state index >= 15 is 0 Å². The SMILES string of the molecule is Cc1nc(C)c(CNCC(C)(C)C)s1. The highest BCUT2D eigenvalue weighted by Crippen LogP contribution is 2.17. The summed E-state index contributed by atoms with van der Waals surface area (Å²) in [6.45, 7) is 12.9. The lowest BCUT2D eigenvalue weighted by Crippen LogP contribution is -2.26. The molecule has 1 aromatic heterocycles. The van der Waals surface area contributed by atoms with E-state index in [1.54, 1.807) is 11.3 Å². The Labute approximate surface area is 90.8 Å². The number of nitrogens with one attached hydrogen (secondary N) is 1. The maximum absolute atomic E-state index is 4.40. The van der Waals surface area contributed by atoms with Crippen molar-refractivity contribution in [2.75, 3.05) is 6.54 Å². The highest BCUT2D eigenvalue weighted by atomic mass is 32.1. The third kappa shape index (κ3) is 3.76. The molecule has 1 heterocycles. The van der Waals surface area contributed by atoms with Gasteiger partial charge in [0.2, 0.25) is 0 Å². The van der Waals surface area contributed by atoms with Gasteiger partial charge >= 0.3 is 0 Å². The van der Waals surface area contributed by atoms with Crippen molar-refractivity contribution in [3.05, 3.63) is 15.6 Å². The Morgan fingerprint density at radius 1 is 1.29 bits per heavy atom. The predicted octanol–water partition coefficient (Wildman–Crippen LogP) is 2.90. The Hall–Kier alpha value is -0.410. The van der Waals surface area contributed by atoms with E-state index in [9.17, 15) is 0 Å². The van der Waals surface area contributed by atoms with Crippen LogP contribution in [-0.4, -0.2) is 11.5 Å². The van der Waals surface area contributed by atoms with Crippen molar-refractivity contribution in [1.29, 1.82) is 0 Å². The summed E-state index contributed by atoms with van der Waals surface area (Å²) in [5.74, 6) is 0. The Morgan fingerprint density at radius 2 is 1.93 bits per heavy atom. The van der Waals surface area contributed by atoms with Crippen molar-refractivity contribution in [2.24, 2.45) is 5.41 Å². The standard InChI is InChI=1S/C11H20N2S/c1-8-10(14-9(2)13-8)6-12-7-11(3,4)5/h12H,6-7H2,1-5H3. The van der Waals surface area contributed by atoms with Crippen molar-refractivity contribution in [2.45, 2.75) is 41.2 Å². The van der Waals surface area contributed by atoms with Crippen molar-refractivity contribution >= 4 is 11.3 Å². The van der Waals surface area contributed by atoms with Crippen LogP contribution in [0.2, 0.25) is 0 Å². The maximum atomic E-state index is 4.40. The number of aryl methyl sites for hydroxylation is 2. The van der Waals surface area contributed by atoms with Crippen LogP contribution in [0.3, 0.4) is 0 Å². The van der Waals surface area contributed by atoms with Crippen LogP contribution in [0, 0.1) is 19.3 Å². The average molecular weight is 212 g/mol. The lowest BCUT2D eigenvalue weighted by Gasteiger charge is -2.18. The number of hydrogen-bond acceptors (Lipinski definition) is 3. The Bertz CT molecular complexity index is 297. The first kappa shape index (κ1) is 11.7. The summed E-state index contributed by atoms with van der Waals surface area (Å²) in [7, 11) is 0. The number of thiazole rings is 1. The van der Waals surface area contributed by atoms with Gasteiger partial charge in [-0.1, -0.05) is 20.8 Å². The molecular weight excluding hydrogens is 192 g/mol. The highest BCUT2D eigenvalue weighted by Gasteiger charge is 2.10. The molecule has 0 saturated heterocycles. The van der Waals surface area contributed by atoms with Gasteiger partial charge in [-0.05, 0) is 19.3 Å². The number of nitrogens with zero attached hydrogens (tertiary/aromatic N) is 1. The first-order valence-corrected chi connectivity index (χ1v) is 5.84. The summed E-state index contributed by atoms with van der Waals surface area (Å²) >= 11 is 1.79. The molecule has 0 unspecified atom stereocenters. The molecule has 1 rings (SSSR count). The second-order valence-corrected chi connectivity index (χ2v) is 6.19. The van der Waals surface area contributed by atoms with Gasteiger partial charge in [-0.25, -0.2) is 4.98 Å². The fraction of sp³-hybridized carbons (Fsp3) is 0.727. The van der Waals surface area contributed by atoms with Gasteiger partial charge in [-0.2, -0.15) is 0 Å². The molecule has 0 atom stereocenters. The summed E-state index contributed by atoms with van der Waals surface area (Å²) < 4.78 is 0. The molecule has 0 saturated carbocycles. The van der Waals surface area contributed by atoms with Crippen LogP contribution in [-0.2, 0) is 6.54 Å². The molecule has 0 aliphatic heterocycles. The van der Waals surface area contributed by atoms with Crippen LogP contribution in [0.4, 0.5) is 0 Å². The second-order valence-electron chi connectivity index (χ2n) is 4.91. The van der Waals surface area contributed by atoms with Crippen molar-refractivity contribution < 1.29 is 0 Å². The summed E-state index contributed by atoms with van der Waals surface area (Å²) in [4.78, 5) is 5.77. The first-order chi connectivity index (χ1) is 6.38. The molecule has 2 nitrogen and oxygen atoms in total. The largest absolute Gasteiger partial charge is 0.311 e. The van der Waals surface area contributed by atoms with Crippen LogP contribution in [0.5, 0.6) is 0 Å². The molecule has 1 N–H and O–H groups in total. The minimum Gasteiger partial charge on any atom is -0.311 e. The summed E-state index contributed by atoms with van der Waals surface area (Å²) in [5, 5.41) is 4.63. The van der Waals surface area contributed by atoms with Gasteiger partial charge in [-0.15, -0.1) is 11.3 Å². The Morgan fingerprint density at radius 3 is 2.36 bits per heavy atom. The van der Waals surface area contributed by atoms with Crippen molar-refractivity contribution in [3.63, 3.8) is 0 Å². The van der Waals surface area contributed by atoms with E-state index in [-0.39, 0.29) is 0 Å². The fourth-order valence-electron chi connectivity index (χ4n) is 1.29. The molecule has 0 aliphatic rings. The lowest BCUT2D eigenvalue weighted by atomic mass is 9.97. The van der Waals surface area contributed by atoms with Crippen LogP contribution in [0.15, 0.2) is 0 Å². The highest BCUT2D eigenvalue weighted by molar-refractivity contribution is 7.11. The Balaban J connectivity index is 2.42. The molecule has 0 bridgehead atoms. The summed E-state index contributed by atoms with van der Waals surface area (Å²) in [6, 6.07) is 0. The van der Waals surface area contributed by atoms with E-state index < -0.39 is 0 Å². The quantitative estimate of drug-likeness (QED) is 0.833. The number of hydrogen-bond donors (Lipinski definition) is 1. The third-order valence-electron chi connectivity index (χ3n) is 1.94.